The molecule has 0 unspecified atom stereocenters. The maximum Gasteiger partial charge on any atom is 0.244 e. The Morgan fingerprint density at radius 3 is 2.55 bits per heavy atom. The molecule has 0 saturated heterocycles. The van der Waals surface area contributed by atoms with Crippen molar-refractivity contribution in [3.05, 3.63) is 108 Å². The number of nitrogens with zero attached hydrogens (tertiary/aromatic N) is 4. The number of allylic oxidation sites excluding steroid dienone is 1. The summed E-state index contributed by atoms with van der Waals surface area (Å²) in [6, 6.07) is 25.0. The van der Waals surface area contributed by atoms with Crippen molar-refractivity contribution in [2.24, 2.45) is 11.3 Å². The average molecular weight is 581 g/mol. The van der Waals surface area contributed by atoms with Crippen molar-refractivity contribution in [2.75, 3.05) is 13.1 Å². The first-order valence-electron chi connectivity index (χ1n) is 14.3. The minimum atomic E-state index is -3.91. The zero-order valence-corrected chi connectivity index (χ0v) is 24.4. The zero-order valence-electron chi connectivity index (χ0n) is 23.6. The highest BCUT2D eigenvalue weighted by atomic mass is 32.2. The SMILES string of the molecule is C[C@@]12CC(=Cc3c(cnn3-c3ccc(F)cc3)C1)CC[C@@H]2CCN(CC#N)S(=O)(=O)c1ccccc1-c1ccccc1. The van der Waals surface area contributed by atoms with Gasteiger partial charge in [0, 0.05) is 12.1 Å². The molecule has 6 rings (SSSR count). The van der Waals surface area contributed by atoms with Crippen LogP contribution in [-0.2, 0) is 16.4 Å². The molecule has 0 amide bonds. The number of fused-ring (bicyclic) bond motifs is 3. The van der Waals surface area contributed by atoms with Gasteiger partial charge in [-0.05, 0) is 91.0 Å². The van der Waals surface area contributed by atoms with Gasteiger partial charge in [0.1, 0.15) is 12.4 Å². The molecule has 6 nitrogen and oxygen atoms in total. The third-order valence-corrected chi connectivity index (χ3v) is 10.8. The number of benzene rings is 3. The lowest BCUT2D eigenvalue weighted by molar-refractivity contribution is 0.131. The first-order chi connectivity index (χ1) is 20.3. The van der Waals surface area contributed by atoms with Gasteiger partial charge in [-0.1, -0.05) is 61.0 Å². The topological polar surface area (TPSA) is 79.0 Å². The first-order valence-corrected chi connectivity index (χ1v) is 15.8. The highest BCUT2D eigenvalue weighted by molar-refractivity contribution is 7.89. The Balaban J connectivity index is 1.25. The highest BCUT2D eigenvalue weighted by Gasteiger charge is 2.41. The molecule has 2 bridgehead atoms. The van der Waals surface area contributed by atoms with Crippen LogP contribution in [0.3, 0.4) is 0 Å². The Morgan fingerprint density at radius 2 is 1.79 bits per heavy atom. The van der Waals surface area contributed by atoms with Gasteiger partial charge in [0.05, 0.1) is 28.5 Å². The van der Waals surface area contributed by atoms with Gasteiger partial charge in [0.25, 0.3) is 0 Å². The van der Waals surface area contributed by atoms with Crippen molar-refractivity contribution in [2.45, 2.75) is 43.9 Å². The van der Waals surface area contributed by atoms with Crippen LogP contribution in [0.2, 0.25) is 0 Å². The van der Waals surface area contributed by atoms with Gasteiger partial charge in [0.15, 0.2) is 0 Å². The highest BCUT2D eigenvalue weighted by Crippen LogP contribution is 2.50. The predicted molar refractivity (Wildman–Crippen MR) is 162 cm³/mol. The van der Waals surface area contributed by atoms with E-state index in [1.807, 2.05) is 53.3 Å². The summed E-state index contributed by atoms with van der Waals surface area (Å²) in [5, 5.41) is 14.3. The molecule has 8 heteroatoms. The van der Waals surface area contributed by atoms with Crippen LogP contribution in [0.25, 0.3) is 22.9 Å². The molecular formula is C34H33FN4O2S. The Morgan fingerprint density at radius 1 is 1.05 bits per heavy atom. The summed E-state index contributed by atoms with van der Waals surface area (Å²) in [6.45, 7) is 2.37. The van der Waals surface area contributed by atoms with E-state index in [-0.39, 0.29) is 35.1 Å². The van der Waals surface area contributed by atoms with E-state index >= 15 is 0 Å². The third kappa shape index (κ3) is 5.31. The van der Waals surface area contributed by atoms with E-state index in [0.29, 0.717) is 12.0 Å². The molecular weight excluding hydrogens is 547 g/mol. The largest absolute Gasteiger partial charge is 0.244 e. The lowest BCUT2D eigenvalue weighted by atomic mass is 9.63. The van der Waals surface area contributed by atoms with Crippen LogP contribution in [0, 0.1) is 28.5 Å². The van der Waals surface area contributed by atoms with Crippen molar-refractivity contribution >= 4 is 16.1 Å². The molecule has 2 atom stereocenters. The first kappa shape index (κ1) is 28.1. The Labute approximate surface area is 246 Å². The Hall–Kier alpha value is -4.06. The van der Waals surface area contributed by atoms with Gasteiger partial charge in [-0.3, -0.25) is 0 Å². The number of rotatable bonds is 8. The number of nitriles is 1. The lowest BCUT2D eigenvalue weighted by Crippen LogP contribution is -2.38. The Kier molecular flexibility index (Phi) is 7.56. The second-order valence-electron chi connectivity index (χ2n) is 11.6. The maximum atomic E-state index is 14.0. The standard InChI is InChI=1S/C34H33FN4O2S/c1-34-22-25(21-32-27(23-34)24-37-39(32)30-15-13-29(35)14-16-30)11-12-28(34)17-19-38(20-18-36)42(40,41)33-10-6-5-9-31(33)26-7-3-2-4-8-26/h2-10,13-16,21,24,28H,11-12,17,19-20,22-23H2,1H3/t28-,34-/m1/s1. The molecule has 0 spiro atoms. The van der Waals surface area contributed by atoms with Crippen LogP contribution in [0.4, 0.5) is 4.39 Å². The minimum absolute atomic E-state index is 0.0734. The number of hydrogen-bond acceptors (Lipinski definition) is 4. The van der Waals surface area contributed by atoms with Gasteiger partial charge in [-0.15, -0.1) is 0 Å². The fraction of sp³-hybridized carbons (Fsp3) is 0.294. The van der Waals surface area contributed by atoms with Gasteiger partial charge in [-0.2, -0.15) is 14.7 Å². The molecule has 1 heterocycles. The fourth-order valence-electron chi connectivity index (χ4n) is 6.73. The summed E-state index contributed by atoms with van der Waals surface area (Å²) < 4.78 is 44.8. The van der Waals surface area contributed by atoms with Crippen LogP contribution in [0.15, 0.2) is 95.5 Å². The summed E-state index contributed by atoms with van der Waals surface area (Å²) in [5.74, 6) is -0.00639. The van der Waals surface area contributed by atoms with Crippen LogP contribution in [-0.4, -0.2) is 35.6 Å². The van der Waals surface area contributed by atoms with E-state index in [1.54, 1.807) is 24.3 Å². The normalized spacial score (nSPS) is 20.0. The molecule has 4 aromatic rings. The van der Waals surface area contributed by atoms with E-state index in [1.165, 1.54) is 22.0 Å². The summed E-state index contributed by atoms with van der Waals surface area (Å²) in [4.78, 5) is 0.221. The molecule has 214 valence electrons. The van der Waals surface area contributed by atoms with Crippen LogP contribution >= 0.6 is 0 Å². The average Bonchev–Trinajstić information content (AvgIpc) is 3.32. The number of aromatic nitrogens is 2. The van der Waals surface area contributed by atoms with E-state index in [9.17, 15) is 18.1 Å². The predicted octanol–water partition coefficient (Wildman–Crippen LogP) is 7.03. The van der Waals surface area contributed by atoms with Crippen molar-refractivity contribution in [3.63, 3.8) is 0 Å². The van der Waals surface area contributed by atoms with E-state index in [2.05, 4.69) is 24.2 Å². The molecule has 1 aromatic heterocycles. The van der Waals surface area contributed by atoms with Crippen molar-refractivity contribution in [1.29, 1.82) is 5.26 Å². The number of sulfonamides is 1. The second kappa shape index (κ2) is 11.3. The summed E-state index contributed by atoms with van der Waals surface area (Å²) in [5.41, 5.74) is 5.73. The lowest BCUT2D eigenvalue weighted by Gasteiger charge is -2.42. The van der Waals surface area contributed by atoms with Crippen molar-refractivity contribution in [1.82, 2.24) is 14.1 Å². The summed E-state index contributed by atoms with van der Waals surface area (Å²) >= 11 is 0. The molecule has 2 aliphatic rings. The van der Waals surface area contributed by atoms with Crippen molar-refractivity contribution in [3.8, 4) is 22.9 Å². The van der Waals surface area contributed by atoms with Crippen molar-refractivity contribution < 1.29 is 12.8 Å². The van der Waals surface area contributed by atoms with Crippen LogP contribution < -0.4 is 0 Å². The van der Waals surface area contributed by atoms with E-state index in [0.717, 1.165) is 48.2 Å². The second-order valence-corrected chi connectivity index (χ2v) is 13.5. The van der Waals surface area contributed by atoms with E-state index < -0.39 is 10.0 Å². The van der Waals surface area contributed by atoms with Crippen LogP contribution in [0.1, 0.15) is 43.9 Å². The monoisotopic (exact) mass is 580 g/mol. The van der Waals surface area contributed by atoms with Gasteiger partial charge < -0.3 is 0 Å². The summed E-state index contributed by atoms with van der Waals surface area (Å²) in [7, 11) is -3.91. The fourth-order valence-corrected chi connectivity index (χ4v) is 8.30. The molecule has 0 N–H and O–H groups in total. The zero-order chi connectivity index (χ0) is 29.3. The van der Waals surface area contributed by atoms with Gasteiger partial charge in [0.2, 0.25) is 10.0 Å². The third-order valence-electron chi connectivity index (χ3n) is 8.89. The molecule has 1 fully saturated rings. The quantitative estimate of drug-likeness (QED) is 0.210. The van der Waals surface area contributed by atoms with E-state index in [4.69, 9.17) is 0 Å². The molecule has 3 aromatic carbocycles. The maximum absolute atomic E-state index is 14.0. The number of halogens is 1. The Bertz CT molecular complexity index is 1770. The molecule has 0 radical (unpaired) electrons. The summed E-state index contributed by atoms with van der Waals surface area (Å²) in [6.07, 6.45) is 8.44. The smallest absolute Gasteiger partial charge is 0.233 e. The minimum Gasteiger partial charge on any atom is -0.233 e. The molecule has 42 heavy (non-hydrogen) atoms. The number of hydrogen-bond donors (Lipinski definition) is 0. The molecule has 1 saturated carbocycles. The van der Waals surface area contributed by atoms with Crippen LogP contribution in [0.5, 0.6) is 0 Å². The van der Waals surface area contributed by atoms with Gasteiger partial charge in [-0.25, -0.2) is 17.5 Å². The molecule has 0 aliphatic heterocycles. The molecule has 2 aliphatic carbocycles. The van der Waals surface area contributed by atoms with Gasteiger partial charge >= 0.3 is 0 Å².